The second-order valence-electron chi connectivity index (χ2n) is 4.92. The Morgan fingerprint density at radius 1 is 1.50 bits per heavy atom. The molecule has 0 saturated heterocycles. The van der Waals surface area contributed by atoms with Crippen LogP contribution in [-0.4, -0.2) is 34.3 Å². The van der Waals surface area contributed by atoms with Gasteiger partial charge in [0.1, 0.15) is 0 Å². The van der Waals surface area contributed by atoms with Crippen molar-refractivity contribution in [1.29, 1.82) is 0 Å². The van der Waals surface area contributed by atoms with Gasteiger partial charge in [-0.25, -0.2) is 4.79 Å². The van der Waals surface area contributed by atoms with Crippen LogP contribution in [0.15, 0.2) is 12.1 Å². The van der Waals surface area contributed by atoms with Gasteiger partial charge in [0.15, 0.2) is 0 Å². The number of anilines is 1. The Morgan fingerprint density at radius 2 is 2.15 bits per heavy atom. The zero-order valence-corrected chi connectivity index (χ0v) is 11.2. The van der Waals surface area contributed by atoms with Crippen LogP contribution in [0.4, 0.5) is 11.4 Å². The molecule has 0 radical (unpaired) electrons. The molecule has 0 spiro atoms. The molecule has 0 amide bonds. The highest BCUT2D eigenvalue weighted by atomic mass is 35.5. The number of carboxylic acids is 1. The Labute approximate surface area is 119 Å². The Balaban J connectivity index is 2.31. The van der Waals surface area contributed by atoms with Gasteiger partial charge in [-0.2, -0.15) is 0 Å². The number of non-ortho nitro benzene ring substituents is 1. The van der Waals surface area contributed by atoms with E-state index in [-0.39, 0.29) is 34.0 Å². The average Bonchev–Trinajstić information content (AvgIpc) is 3.16. The lowest BCUT2D eigenvalue weighted by molar-refractivity contribution is -0.384. The van der Waals surface area contributed by atoms with E-state index in [4.69, 9.17) is 16.7 Å². The van der Waals surface area contributed by atoms with Crippen LogP contribution in [0.3, 0.4) is 0 Å². The number of carboxylic acid groups (broad SMARTS) is 1. The highest BCUT2D eigenvalue weighted by Gasteiger charge is 2.42. The summed E-state index contributed by atoms with van der Waals surface area (Å²) in [4.78, 5) is 21.2. The van der Waals surface area contributed by atoms with E-state index in [9.17, 15) is 20.0 Å². The molecule has 1 aliphatic carbocycles. The van der Waals surface area contributed by atoms with E-state index in [2.05, 4.69) is 5.32 Å². The minimum absolute atomic E-state index is 0.00695. The smallest absolute Gasteiger partial charge is 0.338 e. The summed E-state index contributed by atoms with van der Waals surface area (Å²) in [5, 5.41) is 31.9. The van der Waals surface area contributed by atoms with E-state index in [0.717, 1.165) is 25.0 Å². The number of nitrogens with one attached hydrogen (secondary N) is 1. The van der Waals surface area contributed by atoms with Gasteiger partial charge in [-0.3, -0.25) is 10.1 Å². The van der Waals surface area contributed by atoms with Crippen molar-refractivity contribution in [1.82, 2.24) is 0 Å². The van der Waals surface area contributed by atoms with Gasteiger partial charge >= 0.3 is 5.97 Å². The van der Waals surface area contributed by atoms with Crippen LogP contribution in [0, 0.1) is 15.5 Å². The predicted octanol–water partition coefficient (Wildman–Crippen LogP) is 2.13. The third kappa shape index (κ3) is 2.83. The number of benzene rings is 1. The van der Waals surface area contributed by atoms with Crippen molar-refractivity contribution in [3.8, 4) is 0 Å². The summed E-state index contributed by atoms with van der Waals surface area (Å²) in [6.07, 6.45) is 1.70. The molecule has 3 N–H and O–H groups in total. The molecule has 0 aliphatic heterocycles. The Hall–Kier alpha value is -1.86. The van der Waals surface area contributed by atoms with E-state index in [1.54, 1.807) is 0 Å². The monoisotopic (exact) mass is 300 g/mol. The van der Waals surface area contributed by atoms with Crippen molar-refractivity contribution in [2.75, 3.05) is 18.5 Å². The molecule has 0 unspecified atom stereocenters. The lowest BCUT2D eigenvalue weighted by Gasteiger charge is -2.16. The standard InChI is InChI=1S/C12H13ClN2O5/c13-9-4-7(15(19)20)3-8(11(17)18)10(9)14-5-12(6-16)1-2-12/h3-4,14,16H,1-2,5-6H2,(H,17,18). The Morgan fingerprint density at radius 3 is 2.60 bits per heavy atom. The molecule has 8 heteroatoms. The molecule has 1 saturated carbocycles. The topological polar surface area (TPSA) is 113 Å². The molecule has 20 heavy (non-hydrogen) atoms. The molecule has 0 heterocycles. The fourth-order valence-electron chi connectivity index (χ4n) is 1.89. The minimum Gasteiger partial charge on any atom is -0.478 e. The van der Waals surface area contributed by atoms with E-state index in [1.165, 1.54) is 0 Å². The lowest BCUT2D eigenvalue weighted by Crippen LogP contribution is -2.20. The van der Waals surface area contributed by atoms with Crippen molar-refractivity contribution in [3.05, 3.63) is 32.8 Å². The summed E-state index contributed by atoms with van der Waals surface area (Å²) in [5.41, 5.74) is -0.718. The molecule has 1 aromatic rings. The molecule has 1 aliphatic rings. The van der Waals surface area contributed by atoms with Crippen molar-refractivity contribution in [2.24, 2.45) is 5.41 Å². The van der Waals surface area contributed by atoms with Crippen LogP contribution in [0.25, 0.3) is 0 Å². The van der Waals surface area contributed by atoms with Gasteiger partial charge in [-0.15, -0.1) is 0 Å². The van der Waals surface area contributed by atoms with Gasteiger partial charge in [-0.05, 0) is 12.8 Å². The summed E-state index contributed by atoms with van der Waals surface area (Å²) < 4.78 is 0. The van der Waals surface area contributed by atoms with Crippen molar-refractivity contribution in [3.63, 3.8) is 0 Å². The van der Waals surface area contributed by atoms with Gasteiger partial charge in [0.05, 0.1) is 27.8 Å². The summed E-state index contributed by atoms with van der Waals surface area (Å²) in [6, 6.07) is 2.07. The van der Waals surface area contributed by atoms with Gasteiger partial charge in [-0.1, -0.05) is 11.6 Å². The zero-order chi connectivity index (χ0) is 14.9. The largest absolute Gasteiger partial charge is 0.478 e. The first-order chi connectivity index (χ1) is 9.38. The second kappa shape index (κ2) is 5.26. The van der Waals surface area contributed by atoms with Gasteiger partial charge in [0.25, 0.3) is 5.69 Å². The molecular formula is C12H13ClN2O5. The first-order valence-electron chi connectivity index (χ1n) is 5.94. The minimum atomic E-state index is -1.30. The van der Waals surface area contributed by atoms with Crippen molar-refractivity contribution < 1.29 is 19.9 Å². The molecule has 1 fully saturated rings. The van der Waals surface area contributed by atoms with Crippen molar-refractivity contribution in [2.45, 2.75) is 12.8 Å². The number of hydrogen-bond donors (Lipinski definition) is 3. The van der Waals surface area contributed by atoms with Crippen LogP contribution in [0.5, 0.6) is 0 Å². The lowest BCUT2D eigenvalue weighted by atomic mass is 10.1. The first kappa shape index (κ1) is 14.5. The molecule has 1 aromatic carbocycles. The number of carbonyl (C=O) groups is 1. The molecule has 0 aromatic heterocycles. The highest BCUT2D eigenvalue weighted by Crippen LogP contribution is 2.45. The fraction of sp³-hybridized carbons (Fsp3) is 0.417. The summed E-state index contributed by atoms with van der Waals surface area (Å²) in [6.45, 7) is 0.383. The third-order valence-corrected chi connectivity index (χ3v) is 3.75. The van der Waals surface area contributed by atoms with Crippen LogP contribution in [0.2, 0.25) is 5.02 Å². The van der Waals surface area contributed by atoms with Crippen LogP contribution < -0.4 is 5.32 Å². The van der Waals surface area contributed by atoms with Crippen LogP contribution >= 0.6 is 11.6 Å². The molecule has 108 valence electrons. The Kier molecular flexibility index (Phi) is 3.82. The van der Waals surface area contributed by atoms with Gasteiger partial charge < -0.3 is 15.5 Å². The first-order valence-corrected chi connectivity index (χ1v) is 6.32. The quantitative estimate of drug-likeness (QED) is 0.548. The van der Waals surface area contributed by atoms with Gasteiger partial charge in [0, 0.05) is 24.1 Å². The number of nitrogens with zero attached hydrogens (tertiary/aromatic N) is 1. The van der Waals surface area contributed by atoms with E-state index in [0.29, 0.717) is 6.54 Å². The fourth-order valence-corrected chi connectivity index (χ4v) is 2.17. The van der Waals surface area contributed by atoms with Gasteiger partial charge in [0.2, 0.25) is 0 Å². The number of halogens is 1. The predicted molar refractivity (Wildman–Crippen MR) is 72.3 cm³/mol. The Bertz CT molecular complexity index is 571. The zero-order valence-electron chi connectivity index (χ0n) is 10.4. The number of aromatic carboxylic acids is 1. The number of aliphatic hydroxyl groups is 1. The summed E-state index contributed by atoms with van der Waals surface area (Å²) in [5.74, 6) is -1.30. The maximum atomic E-state index is 11.2. The van der Waals surface area contributed by atoms with Crippen LogP contribution in [-0.2, 0) is 0 Å². The molecule has 7 nitrogen and oxygen atoms in total. The number of hydrogen-bond acceptors (Lipinski definition) is 5. The van der Waals surface area contributed by atoms with E-state index >= 15 is 0 Å². The van der Waals surface area contributed by atoms with E-state index < -0.39 is 10.9 Å². The second-order valence-corrected chi connectivity index (χ2v) is 5.33. The number of aliphatic hydroxyl groups excluding tert-OH is 1. The SMILES string of the molecule is O=C(O)c1cc([N+](=O)[O-])cc(Cl)c1NCC1(CO)CC1. The highest BCUT2D eigenvalue weighted by molar-refractivity contribution is 6.34. The molecule has 2 rings (SSSR count). The summed E-state index contributed by atoms with van der Waals surface area (Å²) in [7, 11) is 0. The average molecular weight is 301 g/mol. The van der Waals surface area contributed by atoms with E-state index in [1.807, 2.05) is 0 Å². The molecular weight excluding hydrogens is 288 g/mol. The van der Waals surface area contributed by atoms with Crippen LogP contribution in [0.1, 0.15) is 23.2 Å². The molecule has 0 atom stereocenters. The maximum Gasteiger partial charge on any atom is 0.338 e. The number of nitro benzene ring substituents is 1. The van der Waals surface area contributed by atoms with Crippen molar-refractivity contribution >= 4 is 28.9 Å². The summed E-state index contributed by atoms with van der Waals surface area (Å²) >= 11 is 5.92. The third-order valence-electron chi connectivity index (χ3n) is 3.45. The maximum absolute atomic E-state index is 11.2. The number of nitro groups is 1. The number of rotatable bonds is 6. The normalized spacial score (nSPS) is 15.7. The molecule has 0 bridgehead atoms.